The first-order chi connectivity index (χ1) is 7.44. The summed E-state index contributed by atoms with van der Waals surface area (Å²) in [6.45, 7) is 0. The second-order valence-electron chi connectivity index (χ2n) is 3.21. The van der Waals surface area contributed by atoms with E-state index in [2.05, 4.69) is 9.47 Å². The van der Waals surface area contributed by atoms with Crippen LogP contribution in [0.15, 0.2) is 12.3 Å². The minimum Gasteiger partial charge on any atom is -0.434 e. The van der Waals surface area contributed by atoms with Crippen molar-refractivity contribution in [3.05, 3.63) is 12.3 Å². The molecule has 0 aromatic heterocycles. The Morgan fingerprint density at radius 3 is 2.50 bits per heavy atom. The highest BCUT2D eigenvalue weighted by Crippen LogP contribution is 2.30. The molecule has 4 nitrogen and oxygen atoms in total. The van der Waals surface area contributed by atoms with Gasteiger partial charge >= 0.3 is 11.9 Å². The van der Waals surface area contributed by atoms with Crippen molar-refractivity contribution in [3.63, 3.8) is 0 Å². The van der Waals surface area contributed by atoms with E-state index in [1.165, 1.54) is 0 Å². The molecular weight excluding hydrogens is 278 g/mol. The van der Waals surface area contributed by atoms with Crippen LogP contribution in [-0.2, 0) is 19.1 Å². The zero-order valence-corrected chi connectivity index (χ0v) is 10.4. The van der Waals surface area contributed by atoms with Crippen LogP contribution in [-0.4, -0.2) is 22.3 Å². The summed E-state index contributed by atoms with van der Waals surface area (Å²) in [6.07, 6.45) is 3.51. The van der Waals surface area contributed by atoms with Crippen LogP contribution < -0.4 is 0 Å². The van der Waals surface area contributed by atoms with Crippen LogP contribution in [0.2, 0.25) is 0 Å². The molecule has 0 heterocycles. The van der Waals surface area contributed by atoms with Gasteiger partial charge in [-0.25, -0.2) is 4.79 Å². The molecule has 0 atom stereocenters. The van der Waals surface area contributed by atoms with Gasteiger partial charge in [0.05, 0.1) is 17.9 Å². The van der Waals surface area contributed by atoms with E-state index >= 15 is 0 Å². The fraction of sp³-hybridized carbons (Fsp3) is 0.556. The zero-order chi connectivity index (χ0) is 12.2. The monoisotopic (exact) mass is 286 g/mol. The minimum absolute atomic E-state index is 0.0383. The van der Waals surface area contributed by atoms with Gasteiger partial charge in [-0.05, 0) is 12.8 Å². The predicted molar refractivity (Wildman–Crippen MR) is 59.2 cm³/mol. The van der Waals surface area contributed by atoms with Gasteiger partial charge in [0.2, 0.25) is 0 Å². The first kappa shape index (κ1) is 13.6. The van der Waals surface area contributed by atoms with Crippen LogP contribution in [0.3, 0.4) is 0 Å². The van der Waals surface area contributed by atoms with Gasteiger partial charge in [0.15, 0.2) is 0 Å². The molecule has 16 heavy (non-hydrogen) atoms. The topological polar surface area (TPSA) is 52.6 Å². The van der Waals surface area contributed by atoms with Gasteiger partial charge in [0.25, 0.3) is 4.52 Å². The van der Waals surface area contributed by atoms with Crippen molar-refractivity contribution >= 4 is 46.7 Å². The summed E-state index contributed by atoms with van der Waals surface area (Å²) in [6, 6.07) is 0. The molecule has 1 fully saturated rings. The highest BCUT2D eigenvalue weighted by atomic mass is 35.5. The molecule has 1 aliphatic carbocycles. The molecule has 0 amide bonds. The average Bonchev–Trinajstić information content (AvgIpc) is 3.00. The Labute approximate surface area is 107 Å². The van der Waals surface area contributed by atoms with Crippen LogP contribution in [0.4, 0.5) is 0 Å². The average molecular weight is 288 g/mol. The molecule has 0 aromatic carbocycles. The molecule has 0 aliphatic heterocycles. The molecule has 90 valence electrons. The largest absolute Gasteiger partial charge is 0.434 e. The number of carbonyl (C=O) groups is 2. The van der Waals surface area contributed by atoms with E-state index < -0.39 is 10.5 Å². The number of ether oxygens (including phenoxy) is 2. The van der Waals surface area contributed by atoms with Gasteiger partial charge in [-0.2, -0.15) is 0 Å². The van der Waals surface area contributed by atoms with Crippen LogP contribution in [0.25, 0.3) is 0 Å². The van der Waals surface area contributed by atoms with Crippen molar-refractivity contribution in [3.8, 4) is 0 Å². The lowest BCUT2D eigenvalue weighted by atomic mass is 10.4. The summed E-state index contributed by atoms with van der Waals surface area (Å²) in [5.74, 6) is -1.50. The van der Waals surface area contributed by atoms with Crippen molar-refractivity contribution in [1.29, 1.82) is 0 Å². The van der Waals surface area contributed by atoms with E-state index in [1.807, 2.05) is 0 Å². The van der Waals surface area contributed by atoms with E-state index in [-0.39, 0.29) is 17.8 Å². The van der Waals surface area contributed by atoms with Crippen molar-refractivity contribution in [1.82, 2.24) is 0 Å². The molecule has 1 rings (SSSR count). The Morgan fingerprint density at radius 1 is 1.38 bits per heavy atom. The van der Waals surface area contributed by atoms with Crippen molar-refractivity contribution < 1.29 is 19.1 Å². The Balaban J connectivity index is 2.27. The summed E-state index contributed by atoms with van der Waals surface area (Å²) in [5.41, 5.74) is 0. The third-order valence-electron chi connectivity index (χ3n) is 1.70. The van der Waals surface area contributed by atoms with Crippen LogP contribution in [0, 0.1) is 5.92 Å². The number of hydrogen-bond acceptors (Lipinski definition) is 4. The second kappa shape index (κ2) is 5.75. The molecule has 0 unspecified atom stereocenters. The molecule has 0 saturated heterocycles. The number of halogens is 3. The minimum atomic E-state index is -1.77. The van der Waals surface area contributed by atoms with Crippen LogP contribution in [0.1, 0.15) is 12.8 Å². The maximum absolute atomic E-state index is 11.1. The van der Waals surface area contributed by atoms with E-state index in [0.717, 1.165) is 25.2 Å². The molecule has 0 bridgehead atoms. The smallest absolute Gasteiger partial charge is 0.336 e. The van der Waals surface area contributed by atoms with E-state index in [9.17, 15) is 9.59 Å². The first-order valence-electron chi connectivity index (χ1n) is 4.48. The van der Waals surface area contributed by atoms with Crippen LogP contribution in [0.5, 0.6) is 0 Å². The lowest BCUT2D eigenvalue weighted by molar-refractivity contribution is -0.141. The Morgan fingerprint density at radius 2 is 2.00 bits per heavy atom. The molecule has 0 spiro atoms. The number of rotatable bonds is 5. The molecule has 0 aromatic rings. The summed E-state index contributed by atoms with van der Waals surface area (Å²) in [4.78, 5) is 22.1. The maximum Gasteiger partial charge on any atom is 0.336 e. The summed E-state index contributed by atoms with van der Waals surface area (Å²) < 4.78 is 7.40. The fourth-order valence-corrected chi connectivity index (χ4v) is 0.987. The summed E-state index contributed by atoms with van der Waals surface area (Å²) in [5, 5.41) is 0. The maximum atomic E-state index is 11.1. The Hall–Kier alpha value is -0.450. The summed E-state index contributed by atoms with van der Waals surface area (Å²) in [7, 11) is 0. The van der Waals surface area contributed by atoms with Gasteiger partial charge in [-0.15, -0.1) is 11.6 Å². The van der Waals surface area contributed by atoms with Gasteiger partial charge in [0, 0.05) is 0 Å². The standard InChI is InChI=1S/C9H9Cl3O4/c10-5-9(11,12)16-7(13)3-4-15-8(14)6-1-2-6/h3-4,6H,1-2,5H2/b4-3-. The van der Waals surface area contributed by atoms with E-state index in [4.69, 9.17) is 34.8 Å². The van der Waals surface area contributed by atoms with Gasteiger partial charge in [-0.3, -0.25) is 4.79 Å². The number of hydrogen-bond donors (Lipinski definition) is 0. The van der Waals surface area contributed by atoms with Crippen molar-refractivity contribution in [2.24, 2.45) is 5.92 Å². The van der Waals surface area contributed by atoms with Crippen molar-refractivity contribution in [2.75, 3.05) is 5.88 Å². The quantitative estimate of drug-likeness (QED) is 0.337. The fourth-order valence-electron chi connectivity index (χ4n) is 0.780. The molecule has 7 heteroatoms. The van der Waals surface area contributed by atoms with Gasteiger partial charge < -0.3 is 9.47 Å². The molecular formula is C9H9Cl3O4. The lowest BCUT2D eigenvalue weighted by Crippen LogP contribution is -2.23. The normalized spacial score (nSPS) is 16.2. The first-order valence-corrected chi connectivity index (χ1v) is 5.77. The third-order valence-corrected chi connectivity index (χ3v) is 2.78. The van der Waals surface area contributed by atoms with E-state index in [0.29, 0.717) is 0 Å². The lowest BCUT2D eigenvalue weighted by Gasteiger charge is -2.14. The highest BCUT2D eigenvalue weighted by Gasteiger charge is 2.31. The Kier molecular flexibility index (Phi) is 4.89. The number of carbonyl (C=O) groups excluding carboxylic acids is 2. The molecule has 0 radical (unpaired) electrons. The molecule has 0 N–H and O–H groups in total. The second-order valence-corrected chi connectivity index (χ2v) is 4.89. The zero-order valence-electron chi connectivity index (χ0n) is 8.12. The summed E-state index contributed by atoms with van der Waals surface area (Å²) >= 11 is 16.3. The van der Waals surface area contributed by atoms with Gasteiger partial charge in [0.1, 0.15) is 6.26 Å². The SMILES string of the molecule is O=C(/C=C\OC(=O)C1CC1)OC(Cl)(Cl)CCl. The number of esters is 2. The third kappa shape index (κ3) is 5.05. The molecule has 1 aliphatic rings. The highest BCUT2D eigenvalue weighted by molar-refractivity contribution is 6.50. The van der Waals surface area contributed by atoms with Crippen molar-refractivity contribution in [2.45, 2.75) is 17.4 Å². The molecule has 1 saturated carbocycles. The van der Waals surface area contributed by atoms with Crippen LogP contribution >= 0.6 is 34.8 Å². The predicted octanol–water partition coefficient (Wildman–Crippen LogP) is 2.37. The van der Waals surface area contributed by atoms with E-state index in [1.54, 1.807) is 0 Å². The number of alkyl halides is 3. The van der Waals surface area contributed by atoms with Gasteiger partial charge in [-0.1, -0.05) is 23.2 Å². The Bertz CT molecular complexity index is 310.